The van der Waals surface area contributed by atoms with Crippen LogP contribution in [0.3, 0.4) is 0 Å². The highest BCUT2D eigenvalue weighted by atomic mass is 35.5. The number of pyridine rings is 1. The van der Waals surface area contributed by atoms with Gasteiger partial charge in [0.25, 0.3) is 0 Å². The molecule has 3 rings (SSSR count). The second kappa shape index (κ2) is 5.28. The molecule has 102 valence electrons. The van der Waals surface area contributed by atoms with Crippen LogP contribution >= 0.6 is 34.8 Å². The van der Waals surface area contributed by atoms with Gasteiger partial charge in [-0.15, -0.1) is 11.6 Å². The van der Waals surface area contributed by atoms with Crippen molar-refractivity contribution >= 4 is 40.4 Å². The number of aryl methyl sites for hydroxylation is 1. The average Bonchev–Trinajstić information content (AvgIpc) is 2.79. The molecule has 5 heteroatoms. The van der Waals surface area contributed by atoms with Crippen LogP contribution in [-0.4, -0.2) is 9.38 Å². The number of hydrogen-bond donors (Lipinski definition) is 0. The molecule has 0 radical (unpaired) electrons. The maximum Gasteiger partial charge on any atom is 0.137 e. The second-order valence-electron chi connectivity index (χ2n) is 4.60. The Kier molecular flexibility index (Phi) is 3.63. The highest BCUT2D eigenvalue weighted by molar-refractivity contribution is 6.42. The summed E-state index contributed by atoms with van der Waals surface area (Å²) in [5, 5.41) is 1.04. The van der Waals surface area contributed by atoms with Crippen LogP contribution in [0.1, 0.15) is 11.3 Å². The maximum absolute atomic E-state index is 6.09. The summed E-state index contributed by atoms with van der Waals surface area (Å²) in [6, 6.07) is 9.54. The maximum atomic E-state index is 6.09. The lowest BCUT2D eigenvalue weighted by molar-refractivity contribution is 1.08. The molecule has 2 heterocycles. The fourth-order valence-corrected chi connectivity index (χ4v) is 2.75. The predicted molar refractivity (Wildman–Crippen MR) is 84.9 cm³/mol. The fourth-order valence-electron chi connectivity index (χ4n) is 2.20. The van der Waals surface area contributed by atoms with Gasteiger partial charge >= 0.3 is 0 Å². The number of halogens is 3. The molecule has 0 aliphatic heterocycles. The third kappa shape index (κ3) is 2.28. The quantitative estimate of drug-likeness (QED) is 0.580. The summed E-state index contributed by atoms with van der Waals surface area (Å²) < 4.78 is 2.00. The van der Waals surface area contributed by atoms with Crippen molar-refractivity contribution in [2.24, 2.45) is 0 Å². The van der Waals surface area contributed by atoms with Gasteiger partial charge in [-0.3, -0.25) is 0 Å². The Morgan fingerprint density at radius 3 is 2.60 bits per heavy atom. The number of fused-ring (bicyclic) bond motifs is 1. The van der Waals surface area contributed by atoms with Crippen molar-refractivity contribution in [3.05, 3.63) is 57.8 Å². The van der Waals surface area contributed by atoms with E-state index in [2.05, 4.69) is 4.98 Å². The molecule has 0 spiro atoms. The SMILES string of the molecule is Cc1ccn2c(CCl)c(-c3ccc(Cl)c(Cl)c3)nc2c1. The molecule has 1 aromatic carbocycles. The number of benzene rings is 1. The molecule has 3 aromatic rings. The second-order valence-corrected chi connectivity index (χ2v) is 5.68. The van der Waals surface area contributed by atoms with Crippen molar-refractivity contribution in [2.75, 3.05) is 0 Å². The minimum Gasteiger partial charge on any atom is -0.302 e. The van der Waals surface area contributed by atoms with E-state index in [-0.39, 0.29) is 0 Å². The normalized spacial score (nSPS) is 11.2. The fraction of sp³-hybridized carbons (Fsp3) is 0.133. The first-order valence-electron chi connectivity index (χ1n) is 6.09. The molecule has 0 unspecified atom stereocenters. The molecule has 0 saturated carbocycles. The smallest absolute Gasteiger partial charge is 0.137 e. The van der Waals surface area contributed by atoms with E-state index >= 15 is 0 Å². The van der Waals surface area contributed by atoms with Crippen LogP contribution in [-0.2, 0) is 5.88 Å². The zero-order valence-corrected chi connectivity index (χ0v) is 13.0. The minimum atomic E-state index is 0.375. The first-order valence-corrected chi connectivity index (χ1v) is 7.38. The first-order chi connectivity index (χ1) is 9.60. The molecule has 0 saturated heterocycles. The zero-order chi connectivity index (χ0) is 14.3. The Morgan fingerprint density at radius 1 is 1.10 bits per heavy atom. The molecule has 0 N–H and O–H groups in total. The van der Waals surface area contributed by atoms with Crippen LogP contribution in [0.15, 0.2) is 36.5 Å². The first kappa shape index (κ1) is 13.7. The van der Waals surface area contributed by atoms with E-state index in [1.807, 2.05) is 41.8 Å². The molecule has 0 atom stereocenters. The molecule has 2 nitrogen and oxygen atoms in total. The molecule has 0 aliphatic rings. The third-order valence-electron chi connectivity index (χ3n) is 3.20. The number of aromatic nitrogens is 2. The van der Waals surface area contributed by atoms with Crippen LogP contribution in [0.25, 0.3) is 16.9 Å². The lowest BCUT2D eigenvalue weighted by Crippen LogP contribution is -1.91. The van der Waals surface area contributed by atoms with Crippen LogP contribution in [0.5, 0.6) is 0 Å². The van der Waals surface area contributed by atoms with Gasteiger partial charge in [-0.25, -0.2) is 4.98 Å². The Labute approximate surface area is 131 Å². The van der Waals surface area contributed by atoms with E-state index in [9.17, 15) is 0 Å². The zero-order valence-electron chi connectivity index (χ0n) is 10.7. The van der Waals surface area contributed by atoms with Crippen molar-refractivity contribution in [1.82, 2.24) is 9.38 Å². The largest absolute Gasteiger partial charge is 0.302 e. The van der Waals surface area contributed by atoms with Crippen molar-refractivity contribution in [3.63, 3.8) is 0 Å². The monoisotopic (exact) mass is 324 g/mol. The van der Waals surface area contributed by atoms with Crippen molar-refractivity contribution in [2.45, 2.75) is 12.8 Å². The summed E-state index contributed by atoms with van der Waals surface area (Å²) in [6.45, 7) is 2.04. The molecule has 0 fully saturated rings. The molecule has 2 aromatic heterocycles. The molecule has 0 bridgehead atoms. The molecule has 0 aliphatic carbocycles. The van der Waals surface area contributed by atoms with Crippen molar-refractivity contribution in [3.8, 4) is 11.3 Å². The van der Waals surface area contributed by atoms with E-state index in [1.165, 1.54) is 0 Å². The standard InChI is InChI=1S/C15H11Cl3N2/c1-9-4-5-20-13(8-16)15(19-14(20)6-9)10-2-3-11(17)12(18)7-10/h2-7H,8H2,1H3. The van der Waals surface area contributed by atoms with Crippen molar-refractivity contribution < 1.29 is 0 Å². The number of hydrogen-bond acceptors (Lipinski definition) is 1. The summed E-state index contributed by atoms with van der Waals surface area (Å²) in [5.74, 6) is 0.375. The lowest BCUT2D eigenvalue weighted by atomic mass is 10.1. The summed E-state index contributed by atoms with van der Waals surface area (Å²) in [7, 11) is 0. The summed E-state index contributed by atoms with van der Waals surface area (Å²) in [6.07, 6.45) is 1.98. The van der Waals surface area contributed by atoms with Crippen LogP contribution in [0, 0.1) is 6.92 Å². The summed E-state index contributed by atoms with van der Waals surface area (Å²) >= 11 is 18.1. The molecule has 20 heavy (non-hydrogen) atoms. The van der Waals surface area contributed by atoms with Crippen LogP contribution in [0.4, 0.5) is 0 Å². The number of rotatable bonds is 2. The van der Waals surface area contributed by atoms with E-state index < -0.39 is 0 Å². The van der Waals surface area contributed by atoms with Gasteiger partial charge < -0.3 is 4.40 Å². The lowest BCUT2D eigenvalue weighted by Gasteiger charge is -2.03. The van der Waals surface area contributed by atoms with Gasteiger partial charge in [0.2, 0.25) is 0 Å². The van der Waals surface area contributed by atoms with Gasteiger partial charge in [-0.05, 0) is 36.8 Å². The number of nitrogens with zero attached hydrogens (tertiary/aromatic N) is 2. The highest BCUT2D eigenvalue weighted by Gasteiger charge is 2.14. The Balaban J connectivity index is 2.26. The van der Waals surface area contributed by atoms with Gasteiger partial charge in [-0.2, -0.15) is 0 Å². The van der Waals surface area contributed by atoms with Gasteiger partial charge in [0.1, 0.15) is 5.65 Å². The molecular formula is C15H11Cl3N2. The Hall–Kier alpha value is -1.22. The number of alkyl halides is 1. The Morgan fingerprint density at radius 2 is 1.90 bits per heavy atom. The van der Waals surface area contributed by atoms with Gasteiger partial charge in [0, 0.05) is 11.8 Å². The van der Waals surface area contributed by atoms with E-state index in [4.69, 9.17) is 34.8 Å². The van der Waals surface area contributed by atoms with Gasteiger partial charge in [-0.1, -0.05) is 29.3 Å². The number of imidazole rings is 1. The van der Waals surface area contributed by atoms with Crippen LogP contribution < -0.4 is 0 Å². The summed E-state index contributed by atoms with van der Waals surface area (Å²) in [5.41, 5.74) is 4.73. The van der Waals surface area contributed by atoms with Crippen LogP contribution in [0.2, 0.25) is 10.0 Å². The van der Waals surface area contributed by atoms with E-state index in [1.54, 1.807) is 6.07 Å². The van der Waals surface area contributed by atoms with E-state index in [0.29, 0.717) is 15.9 Å². The van der Waals surface area contributed by atoms with Gasteiger partial charge in [0.15, 0.2) is 0 Å². The summed E-state index contributed by atoms with van der Waals surface area (Å²) in [4.78, 5) is 4.66. The highest BCUT2D eigenvalue weighted by Crippen LogP contribution is 2.31. The van der Waals surface area contributed by atoms with Crippen molar-refractivity contribution in [1.29, 1.82) is 0 Å². The minimum absolute atomic E-state index is 0.375. The predicted octanol–water partition coefficient (Wildman–Crippen LogP) is 5.36. The van der Waals surface area contributed by atoms with E-state index in [0.717, 1.165) is 28.2 Å². The topological polar surface area (TPSA) is 17.3 Å². The average molecular weight is 326 g/mol. The third-order valence-corrected chi connectivity index (χ3v) is 4.19. The molecular weight excluding hydrogens is 315 g/mol. The Bertz CT molecular complexity index is 793. The van der Waals surface area contributed by atoms with Gasteiger partial charge in [0.05, 0.1) is 27.3 Å². The molecule has 0 amide bonds.